The Bertz CT molecular complexity index is 583. The molecule has 110 valence electrons. The second-order valence-electron chi connectivity index (χ2n) is 5.25. The molecule has 4 N–H and O–H groups in total. The van der Waals surface area contributed by atoms with Crippen molar-refractivity contribution < 1.29 is 9.21 Å². The van der Waals surface area contributed by atoms with Crippen molar-refractivity contribution >= 4 is 18.3 Å². The maximum absolute atomic E-state index is 11.9. The maximum Gasteiger partial charge on any atom is 0.271 e. The monoisotopic (exact) mass is 298 g/mol. The van der Waals surface area contributed by atoms with E-state index in [1.807, 2.05) is 32.9 Å². The van der Waals surface area contributed by atoms with Crippen molar-refractivity contribution in [1.82, 2.24) is 15.5 Å². The molecule has 0 bridgehead atoms. The number of rotatable bonds is 4. The normalized spacial score (nSPS) is 11.0. The van der Waals surface area contributed by atoms with Crippen molar-refractivity contribution in [2.45, 2.75) is 26.3 Å². The van der Waals surface area contributed by atoms with Crippen LogP contribution >= 0.6 is 12.4 Å². The minimum atomic E-state index is -0.451. The summed E-state index contributed by atoms with van der Waals surface area (Å²) in [7, 11) is 0. The second kappa shape index (κ2) is 6.11. The summed E-state index contributed by atoms with van der Waals surface area (Å²) < 4.78 is 5.45. The lowest BCUT2D eigenvalue weighted by Gasteiger charge is -2.18. The quantitative estimate of drug-likeness (QED) is 0.802. The van der Waals surface area contributed by atoms with Gasteiger partial charge < -0.3 is 15.5 Å². The van der Waals surface area contributed by atoms with Gasteiger partial charge in [0.15, 0.2) is 11.5 Å². The van der Waals surface area contributed by atoms with Crippen molar-refractivity contribution in [3.63, 3.8) is 0 Å². The standard InChI is InChI=1S/C13H18N4O2.ClH/c1-8-4-5-11(19-8)9-6-10(17-16-9)12(18)15-7-13(2,3)14;/h4-6H,7,14H2,1-3H3,(H,15,18)(H,16,17);1H. The Morgan fingerprint density at radius 1 is 1.50 bits per heavy atom. The molecule has 20 heavy (non-hydrogen) atoms. The molecule has 0 spiro atoms. The molecule has 2 rings (SSSR count). The van der Waals surface area contributed by atoms with Crippen LogP contribution in [0.15, 0.2) is 22.6 Å². The number of H-pyrrole nitrogens is 1. The summed E-state index contributed by atoms with van der Waals surface area (Å²) >= 11 is 0. The van der Waals surface area contributed by atoms with Crippen molar-refractivity contribution in [2.75, 3.05) is 6.54 Å². The summed E-state index contributed by atoms with van der Waals surface area (Å²) in [6, 6.07) is 5.33. The molecule has 0 saturated heterocycles. The fourth-order valence-electron chi connectivity index (χ4n) is 1.54. The molecular weight excluding hydrogens is 280 g/mol. The molecule has 0 aliphatic rings. The van der Waals surface area contributed by atoms with Gasteiger partial charge in [0.05, 0.1) is 0 Å². The van der Waals surface area contributed by atoms with E-state index in [-0.39, 0.29) is 18.3 Å². The number of amides is 1. The first-order valence-electron chi connectivity index (χ1n) is 6.04. The first-order valence-corrected chi connectivity index (χ1v) is 6.04. The van der Waals surface area contributed by atoms with E-state index < -0.39 is 5.54 Å². The Labute approximate surface area is 123 Å². The maximum atomic E-state index is 11.9. The number of aromatic amines is 1. The number of hydrogen-bond acceptors (Lipinski definition) is 4. The molecule has 0 fully saturated rings. The predicted molar refractivity (Wildman–Crippen MR) is 78.9 cm³/mol. The van der Waals surface area contributed by atoms with Crippen LogP contribution in [0.5, 0.6) is 0 Å². The lowest BCUT2D eigenvalue weighted by Crippen LogP contribution is -2.45. The zero-order valence-electron chi connectivity index (χ0n) is 11.7. The van der Waals surface area contributed by atoms with Gasteiger partial charge in [-0.3, -0.25) is 9.89 Å². The third-order valence-corrected chi connectivity index (χ3v) is 2.52. The van der Waals surface area contributed by atoms with Crippen LogP contribution in [0.1, 0.15) is 30.1 Å². The van der Waals surface area contributed by atoms with Gasteiger partial charge >= 0.3 is 0 Å². The zero-order chi connectivity index (χ0) is 14.0. The number of nitrogens with one attached hydrogen (secondary N) is 2. The molecule has 2 heterocycles. The number of aromatic nitrogens is 2. The van der Waals surface area contributed by atoms with E-state index in [0.717, 1.165) is 5.76 Å². The van der Waals surface area contributed by atoms with Crippen LogP contribution in [0.2, 0.25) is 0 Å². The van der Waals surface area contributed by atoms with Gasteiger partial charge in [0.1, 0.15) is 11.5 Å². The summed E-state index contributed by atoms with van der Waals surface area (Å²) in [4.78, 5) is 11.9. The first kappa shape index (κ1) is 16.3. The average Bonchev–Trinajstić information content (AvgIpc) is 2.93. The van der Waals surface area contributed by atoms with E-state index in [2.05, 4.69) is 15.5 Å². The minimum Gasteiger partial charge on any atom is -0.460 e. The third-order valence-electron chi connectivity index (χ3n) is 2.52. The van der Waals surface area contributed by atoms with E-state index in [1.54, 1.807) is 6.07 Å². The topological polar surface area (TPSA) is 96.9 Å². The van der Waals surface area contributed by atoms with Crippen LogP contribution in [0.4, 0.5) is 0 Å². The van der Waals surface area contributed by atoms with Crippen molar-refractivity contribution in [3.05, 3.63) is 29.7 Å². The number of aryl methyl sites for hydroxylation is 1. The number of carbonyl (C=O) groups excluding carboxylic acids is 1. The van der Waals surface area contributed by atoms with Crippen LogP contribution in [0.3, 0.4) is 0 Å². The van der Waals surface area contributed by atoms with Crippen molar-refractivity contribution in [2.24, 2.45) is 5.73 Å². The molecule has 0 aromatic carbocycles. The van der Waals surface area contributed by atoms with E-state index in [0.29, 0.717) is 23.7 Å². The molecule has 0 radical (unpaired) electrons. The van der Waals surface area contributed by atoms with Crippen LogP contribution in [0.25, 0.3) is 11.5 Å². The smallest absolute Gasteiger partial charge is 0.271 e. The molecule has 0 unspecified atom stereocenters. The predicted octanol–water partition coefficient (Wildman–Crippen LogP) is 1.87. The van der Waals surface area contributed by atoms with Gasteiger partial charge in [-0.25, -0.2) is 0 Å². The summed E-state index contributed by atoms with van der Waals surface area (Å²) in [6.45, 7) is 5.93. The number of halogens is 1. The van der Waals surface area contributed by atoms with Crippen LogP contribution in [0, 0.1) is 6.92 Å². The fourth-order valence-corrected chi connectivity index (χ4v) is 1.54. The highest BCUT2D eigenvalue weighted by atomic mass is 35.5. The number of furan rings is 1. The van der Waals surface area contributed by atoms with Gasteiger partial charge in [-0.05, 0) is 32.9 Å². The highest BCUT2D eigenvalue weighted by molar-refractivity contribution is 5.93. The lowest BCUT2D eigenvalue weighted by molar-refractivity contribution is 0.0941. The Morgan fingerprint density at radius 3 is 2.75 bits per heavy atom. The second-order valence-corrected chi connectivity index (χ2v) is 5.25. The molecule has 6 nitrogen and oxygen atoms in total. The van der Waals surface area contributed by atoms with Crippen LogP contribution in [-0.4, -0.2) is 28.2 Å². The van der Waals surface area contributed by atoms with Gasteiger partial charge in [-0.15, -0.1) is 12.4 Å². The van der Waals surface area contributed by atoms with Gasteiger partial charge in [0, 0.05) is 18.2 Å². The largest absolute Gasteiger partial charge is 0.460 e. The van der Waals surface area contributed by atoms with Crippen LogP contribution in [-0.2, 0) is 0 Å². The van der Waals surface area contributed by atoms with Crippen LogP contribution < -0.4 is 11.1 Å². The van der Waals surface area contributed by atoms with E-state index in [9.17, 15) is 4.79 Å². The Kier molecular flexibility index (Phi) is 4.97. The van der Waals surface area contributed by atoms with Gasteiger partial charge in [-0.1, -0.05) is 0 Å². The molecule has 7 heteroatoms. The summed E-state index contributed by atoms with van der Waals surface area (Å²) in [5.74, 6) is 1.20. The Hall–Kier alpha value is -1.79. The van der Waals surface area contributed by atoms with Gasteiger partial charge in [0.25, 0.3) is 5.91 Å². The van der Waals surface area contributed by atoms with E-state index in [4.69, 9.17) is 10.2 Å². The van der Waals surface area contributed by atoms with Crippen molar-refractivity contribution in [1.29, 1.82) is 0 Å². The lowest BCUT2D eigenvalue weighted by atomic mass is 10.1. The molecule has 2 aromatic heterocycles. The number of carbonyl (C=O) groups is 1. The average molecular weight is 299 g/mol. The third kappa shape index (κ3) is 4.11. The number of hydrogen-bond donors (Lipinski definition) is 3. The van der Waals surface area contributed by atoms with Gasteiger partial charge in [0.2, 0.25) is 0 Å². The summed E-state index contributed by atoms with van der Waals surface area (Å²) in [6.07, 6.45) is 0. The Balaban J connectivity index is 0.00000200. The molecule has 0 aliphatic carbocycles. The molecule has 2 aromatic rings. The number of nitrogens with two attached hydrogens (primary N) is 1. The fraction of sp³-hybridized carbons (Fsp3) is 0.385. The molecule has 1 amide bonds. The summed E-state index contributed by atoms with van der Waals surface area (Å²) in [5.41, 5.74) is 6.34. The Morgan fingerprint density at radius 2 is 2.20 bits per heavy atom. The van der Waals surface area contributed by atoms with E-state index in [1.165, 1.54) is 0 Å². The number of nitrogens with zero attached hydrogens (tertiary/aromatic N) is 1. The minimum absolute atomic E-state index is 0. The molecule has 0 atom stereocenters. The zero-order valence-corrected chi connectivity index (χ0v) is 12.5. The molecular formula is C13H19ClN4O2. The highest BCUT2D eigenvalue weighted by Crippen LogP contribution is 2.20. The first-order chi connectivity index (χ1) is 8.85. The SMILES string of the molecule is Cc1ccc(-c2cc(C(=O)NCC(C)(C)N)n[nH]2)o1.Cl. The van der Waals surface area contributed by atoms with Gasteiger partial charge in [-0.2, -0.15) is 5.10 Å². The molecule has 0 saturated carbocycles. The highest BCUT2D eigenvalue weighted by Gasteiger charge is 2.16. The van der Waals surface area contributed by atoms with E-state index >= 15 is 0 Å². The molecule has 0 aliphatic heterocycles. The van der Waals surface area contributed by atoms with Crippen molar-refractivity contribution in [3.8, 4) is 11.5 Å². The summed E-state index contributed by atoms with van der Waals surface area (Å²) in [5, 5.41) is 9.47.